The van der Waals surface area contributed by atoms with Gasteiger partial charge in [0, 0.05) is 6.54 Å². The second-order valence-corrected chi connectivity index (χ2v) is 5.77. The van der Waals surface area contributed by atoms with E-state index in [-0.39, 0.29) is 24.5 Å². The lowest BCUT2D eigenvalue weighted by molar-refractivity contribution is -0.123. The number of aliphatic hydroxyl groups excluding tert-OH is 1. The molecule has 21 heavy (non-hydrogen) atoms. The van der Waals surface area contributed by atoms with Crippen molar-refractivity contribution in [3.63, 3.8) is 0 Å². The van der Waals surface area contributed by atoms with Crippen LogP contribution in [-0.4, -0.2) is 29.7 Å². The first-order chi connectivity index (χ1) is 9.81. The molecule has 2 atom stereocenters. The highest BCUT2D eigenvalue weighted by molar-refractivity contribution is 5.81. The monoisotopic (exact) mass is 294 g/mol. The second kappa shape index (κ2) is 8.00. The lowest BCUT2D eigenvalue weighted by Gasteiger charge is -2.18. The highest BCUT2D eigenvalue weighted by Crippen LogP contribution is 2.20. The molecule has 0 spiro atoms. The zero-order chi connectivity index (χ0) is 16.0. The second-order valence-electron chi connectivity index (χ2n) is 5.77. The lowest BCUT2D eigenvalue weighted by Crippen LogP contribution is -2.45. The molecule has 0 heterocycles. The van der Waals surface area contributed by atoms with Crippen molar-refractivity contribution in [2.45, 2.75) is 45.9 Å². The van der Waals surface area contributed by atoms with E-state index in [0.29, 0.717) is 11.3 Å². The predicted octanol–water partition coefficient (Wildman–Crippen LogP) is 1.61. The molecule has 0 aliphatic heterocycles. The Morgan fingerprint density at radius 3 is 2.57 bits per heavy atom. The maximum Gasteiger partial charge on any atom is 0.237 e. The molecule has 1 unspecified atom stereocenters. The summed E-state index contributed by atoms with van der Waals surface area (Å²) in [6, 6.07) is 6.67. The minimum atomic E-state index is -0.788. The smallest absolute Gasteiger partial charge is 0.237 e. The van der Waals surface area contributed by atoms with Gasteiger partial charge in [-0.2, -0.15) is 0 Å². The van der Waals surface area contributed by atoms with Crippen molar-refractivity contribution < 1.29 is 14.6 Å². The molecule has 1 amide bonds. The highest BCUT2D eigenvalue weighted by atomic mass is 16.5. The van der Waals surface area contributed by atoms with Crippen molar-refractivity contribution in [2.24, 2.45) is 11.7 Å². The first-order valence-corrected chi connectivity index (χ1v) is 7.29. The number of nitrogens with two attached hydrogens (primary N) is 1. The molecule has 0 bridgehead atoms. The zero-order valence-electron chi connectivity index (χ0n) is 13.2. The summed E-state index contributed by atoms with van der Waals surface area (Å²) in [5, 5.41) is 12.8. The number of carbonyl (C=O) groups excluding carboxylic acids is 1. The average molecular weight is 294 g/mol. The summed E-state index contributed by atoms with van der Waals surface area (Å²) in [7, 11) is 0. The Kier molecular flexibility index (Phi) is 6.65. The van der Waals surface area contributed by atoms with Gasteiger partial charge in [0.2, 0.25) is 5.91 Å². The van der Waals surface area contributed by atoms with Crippen LogP contribution in [0.3, 0.4) is 0 Å². The quantitative estimate of drug-likeness (QED) is 0.713. The fourth-order valence-electron chi connectivity index (χ4n) is 1.80. The zero-order valence-corrected chi connectivity index (χ0v) is 13.2. The predicted molar refractivity (Wildman–Crippen MR) is 83.0 cm³/mol. The molecular formula is C16H26N2O3. The molecule has 0 saturated heterocycles. The van der Waals surface area contributed by atoms with Crippen LogP contribution in [0.25, 0.3) is 0 Å². The maximum atomic E-state index is 11.8. The number of benzene rings is 1. The van der Waals surface area contributed by atoms with Crippen LogP contribution in [-0.2, 0) is 4.79 Å². The van der Waals surface area contributed by atoms with Crippen LogP contribution in [0.1, 0.15) is 39.4 Å². The van der Waals surface area contributed by atoms with Gasteiger partial charge in [-0.1, -0.05) is 26.0 Å². The molecule has 1 rings (SSSR count). The normalized spacial score (nSPS) is 14.1. The summed E-state index contributed by atoms with van der Waals surface area (Å²) in [5.74, 6) is 0.510. The van der Waals surface area contributed by atoms with E-state index in [1.807, 2.05) is 39.8 Å². The minimum absolute atomic E-state index is 0.0601. The van der Waals surface area contributed by atoms with Crippen molar-refractivity contribution in [1.29, 1.82) is 0 Å². The molecule has 0 fully saturated rings. The topological polar surface area (TPSA) is 84.6 Å². The minimum Gasteiger partial charge on any atom is -0.491 e. The molecule has 0 aliphatic carbocycles. The number of carbonyl (C=O) groups is 1. The van der Waals surface area contributed by atoms with Gasteiger partial charge in [-0.25, -0.2) is 0 Å². The van der Waals surface area contributed by atoms with Gasteiger partial charge in [0.05, 0.1) is 18.2 Å². The Morgan fingerprint density at radius 1 is 1.33 bits per heavy atom. The number of amides is 1. The summed E-state index contributed by atoms with van der Waals surface area (Å²) in [6.07, 6.45) is -0.717. The van der Waals surface area contributed by atoms with Gasteiger partial charge in [0.15, 0.2) is 0 Å². The Labute approximate surface area is 126 Å². The number of aliphatic hydroxyl groups is 1. The number of hydrogen-bond donors (Lipinski definition) is 3. The molecule has 118 valence electrons. The van der Waals surface area contributed by atoms with E-state index in [0.717, 1.165) is 0 Å². The van der Waals surface area contributed by atoms with E-state index < -0.39 is 12.1 Å². The van der Waals surface area contributed by atoms with Crippen LogP contribution in [0, 0.1) is 5.92 Å². The molecule has 1 aromatic rings. The first-order valence-electron chi connectivity index (χ1n) is 7.29. The molecule has 4 N–H and O–H groups in total. The highest BCUT2D eigenvalue weighted by Gasteiger charge is 2.18. The van der Waals surface area contributed by atoms with Crippen LogP contribution in [0.15, 0.2) is 24.3 Å². The van der Waals surface area contributed by atoms with Gasteiger partial charge >= 0.3 is 0 Å². The third-order valence-corrected chi connectivity index (χ3v) is 3.11. The van der Waals surface area contributed by atoms with Crippen LogP contribution >= 0.6 is 0 Å². The Hall–Kier alpha value is -1.59. The van der Waals surface area contributed by atoms with Crippen molar-refractivity contribution in [3.05, 3.63) is 29.8 Å². The fraction of sp³-hybridized carbons (Fsp3) is 0.562. The lowest BCUT2D eigenvalue weighted by atomic mass is 10.0. The average Bonchev–Trinajstić information content (AvgIpc) is 2.42. The summed E-state index contributed by atoms with van der Waals surface area (Å²) in [4.78, 5) is 11.8. The summed E-state index contributed by atoms with van der Waals surface area (Å²) >= 11 is 0. The number of hydrogen-bond acceptors (Lipinski definition) is 4. The van der Waals surface area contributed by atoms with E-state index in [9.17, 15) is 9.90 Å². The van der Waals surface area contributed by atoms with Crippen LogP contribution < -0.4 is 15.8 Å². The maximum absolute atomic E-state index is 11.8. The molecular weight excluding hydrogens is 268 g/mol. The Bertz CT molecular complexity index is 461. The molecule has 5 heteroatoms. The van der Waals surface area contributed by atoms with Crippen LogP contribution in [0.4, 0.5) is 0 Å². The van der Waals surface area contributed by atoms with Crippen molar-refractivity contribution in [3.8, 4) is 5.75 Å². The standard InChI is InChI=1S/C16H26N2O3/c1-10(2)15(17)16(20)18-9-14(19)12-6-5-7-13(8-12)21-11(3)4/h5-8,10-11,14-15,19H,9,17H2,1-4H3,(H,18,20)/t14?,15-/m0/s1. The number of rotatable bonds is 7. The third kappa shape index (κ3) is 5.73. The van der Waals surface area contributed by atoms with Crippen molar-refractivity contribution in [2.75, 3.05) is 6.54 Å². The molecule has 0 aliphatic rings. The Balaban J connectivity index is 2.59. The van der Waals surface area contributed by atoms with E-state index in [2.05, 4.69) is 5.32 Å². The van der Waals surface area contributed by atoms with Gasteiger partial charge in [-0.05, 0) is 37.5 Å². The summed E-state index contributed by atoms with van der Waals surface area (Å²) in [6.45, 7) is 7.78. The SMILES string of the molecule is CC(C)Oc1cccc(C(O)CNC(=O)[C@@H](N)C(C)C)c1. The van der Waals surface area contributed by atoms with Crippen LogP contribution in [0.2, 0.25) is 0 Å². The molecule has 0 saturated carbocycles. The van der Waals surface area contributed by atoms with Gasteiger partial charge < -0.3 is 20.9 Å². The van der Waals surface area contributed by atoms with Crippen LogP contribution in [0.5, 0.6) is 5.75 Å². The van der Waals surface area contributed by atoms with Crippen molar-refractivity contribution in [1.82, 2.24) is 5.32 Å². The molecule has 0 radical (unpaired) electrons. The van der Waals surface area contributed by atoms with Gasteiger partial charge in [0.1, 0.15) is 5.75 Å². The third-order valence-electron chi connectivity index (χ3n) is 3.11. The van der Waals surface area contributed by atoms with Gasteiger partial charge in [-0.3, -0.25) is 4.79 Å². The Morgan fingerprint density at radius 2 is 2.00 bits per heavy atom. The number of nitrogens with one attached hydrogen (secondary N) is 1. The summed E-state index contributed by atoms with van der Waals surface area (Å²) < 4.78 is 5.58. The van der Waals surface area contributed by atoms with E-state index in [4.69, 9.17) is 10.5 Å². The first kappa shape index (κ1) is 17.5. The fourth-order valence-corrected chi connectivity index (χ4v) is 1.80. The van der Waals surface area contributed by atoms with E-state index >= 15 is 0 Å². The van der Waals surface area contributed by atoms with E-state index in [1.165, 1.54) is 0 Å². The molecule has 5 nitrogen and oxygen atoms in total. The molecule has 1 aromatic carbocycles. The van der Waals surface area contributed by atoms with Crippen molar-refractivity contribution >= 4 is 5.91 Å². The van der Waals surface area contributed by atoms with Gasteiger partial charge in [-0.15, -0.1) is 0 Å². The van der Waals surface area contributed by atoms with Gasteiger partial charge in [0.25, 0.3) is 0 Å². The number of ether oxygens (including phenoxy) is 1. The molecule has 0 aromatic heterocycles. The largest absolute Gasteiger partial charge is 0.491 e. The summed E-state index contributed by atoms with van der Waals surface area (Å²) in [5.41, 5.74) is 6.45. The van der Waals surface area contributed by atoms with E-state index in [1.54, 1.807) is 12.1 Å².